The van der Waals surface area contributed by atoms with Gasteiger partial charge in [0.2, 0.25) is 0 Å². The largest absolute Gasteiger partial charge is 0.255 e. The molecule has 0 bridgehead atoms. The lowest BCUT2D eigenvalue weighted by molar-refractivity contribution is 0.863. The highest BCUT2D eigenvalue weighted by Gasteiger charge is 2.13. The van der Waals surface area contributed by atoms with Crippen LogP contribution in [0.25, 0.3) is 5.69 Å². The van der Waals surface area contributed by atoms with Crippen molar-refractivity contribution < 1.29 is 0 Å². The van der Waals surface area contributed by atoms with Gasteiger partial charge in [-0.3, -0.25) is 4.99 Å². The Morgan fingerprint density at radius 2 is 1.83 bits per heavy atom. The third kappa shape index (κ3) is 3.01. The summed E-state index contributed by atoms with van der Waals surface area (Å²) in [6, 6.07) is 19.0. The Balaban J connectivity index is 2.00. The second-order valence-corrected chi connectivity index (χ2v) is 5.28. The summed E-state index contributed by atoms with van der Waals surface area (Å²) in [5, 5.41) is 14.1. The van der Waals surface area contributed by atoms with Crippen molar-refractivity contribution in [3.63, 3.8) is 0 Å². The van der Waals surface area contributed by atoms with Crippen LogP contribution in [0.3, 0.4) is 0 Å². The fourth-order valence-electron chi connectivity index (χ4n) is 2.21. The van der Waals surface area contributed by atoms with E-state index >= 15 is 0 Å². The van der Waals surface area contributed by atoms with Crippen molar-refractivity contribution in [1.82, 2.24) is 9.78 Å². The summed E-state index contributed by atoms with van der Waals surface area (Å²) in [6.45, 7) is 1.88. The number of hydrogen-bond donors (Lipinski definition) is 0. The molecule has 0 aliphatic rings. The van der Waals surface area contributed by atoms with Crippen molar-refractivity contribution in [3.8, 4) is 11.8 Å². The number of rotatable bonds is 3. The van der Waals surface area contributed by atoms with Crippen LogP contribution in [0, 0.1) is 18.3 Å². The first-order valence-electron chi connectivity index (χ1n) is 7.04. The maximum absolute atomic E-state index is 9.11. The molecule has 5 heteroatoms. The van der Waals surface area contributed by atoms with E-state index in [0.717, 1.165) is 16.9 Å². The minimum absolute atomic E-state index is 0.492. The standard InChI is InChI=1S/C18H13ClN4/c1-13-16(12-21-17-10-6-5-7-14(17)11-20)18(19)23(22-13)15-8-3-2-4-9-15/h2-10,12H,1H3. The lowest BCUT2D eigenvalue weighted by Crippen LogP contribution is -1.96. The van der Waals surface area contributed by atoms with Crippen molar-refractivity contribution in [2.24, 2.45) is 4.99 Å². The van der Waals surface area contributed by atoms with E-state index in [0.29, 0.717) is 16.4 Å². The highest BCUT2D eigenvalue weighted by atomic mass is 35.5. The van der Waals surface area contributed by atoms with Crippen LogP contribution in [0.15, 0.2) is 59.6 Å². The smallest absolute Gasteiger partial charge is 0.141 e. The molecule has 112 valence electrons. The van der Waals surface area contributed by atoms with E-state index in [1.165, 1.54) is 0 Å². The molecule has 0 saturated heterocycles. The first-order chi connectivity index (χ1) is 11.2. The number of aryl methyl sites for hydroxylation is 1. The molecule has 0 atom stereocenters. The van der Waals surface area contributed by atoms with Gasteiger partial charge < -0.3 is 0 Å². The maximum atomic E-state index is 9.11. The number of nitriles is 1. The van der Waals surface area contributed by atoms with Crippen LogP contribution < -0.4 is 0 Å². The van der Waals surface area contributed by atoms with Crippen LogP contribution in [0.1, 0.15) is 16.8 Å². The third-order valence-corrected chi connectivity index (χ3v) is 3.77. The summed E-state index contributed by atoms with van der Waals surface area (Å²) >= 11 is 6.45. The average Bonchev–Trinajstić information content (AvgIpc) is 2.88. The minimum atomic E-state index is 0.492. The molecule has 1 heterocycles. The second-order valence-electron chi connectivity index (χ2n) is 4.92. The Kier molecular flexibility index (Phi) is 4.22. The van der Waals surface area contributed by atoms with Crippen molar-refractivity contribution in [1.29, 1.82) is 5.26 Å². The topological polar surface area (TPSA) is 54.0 Å². The predicted molar refractivity (Wildman–Crippen MR) is 91.7 cm³/mol. The lowest BCUT2D eigenvalue weighted by Gasteiger charge is -2.02. The number of aliphatic imine (C=N–C) groups is 1. The molecule has 0 fully saturated rings. The number of benzene rings is 2. The van der Waals surface area contributed by atoms with Crippen molar-refractivity contribution in [2.75, 3.05) is 0 Å². The third-order valence-electron chi connectivity index (χ3n) is 3.41. The van der Waals surface area contributed by atoms with Gasteiger partial charge in [0.15, 0.2) is 0 Å². The van der Waals surface area contributed by atoms with E-state index in [9.17, 15) is 0 Å². The zero-order valence-electron chi connectivity index (χ0n) is 12.4. The van der Waals surface area contributed by atoms with Gasteiger partial charge in [-0.05, 0) is 31.2 Å². The molecule has 3 aromatic rings. The Morgan fingerprint density at radius 3 is 2.57 bits per heavy atom. The van der Waals surface area contributed by atoms with Crippen LogP contribution in [-0.2, 0) is 0 Å². The van der Waals surface area contributed by atoms with Gasteiger partial charge >= 0.3 is 0 Å². The fourth-order valence-corrected chi connectivity index (χ4v) is 2.53. The Bertz CT molecular complexity index is 905. The summed E-state index contributed by atoms with van der Waals surface area (Å²) in [6.07, 6.45) is 1.65. The molecule has 0 aliphatic carbocycles. The Hall–Kier alpha value is -2.90. The van der Waals surface area contributed by atoms with E-state index in [-0.39, 0.29) is 0 Å². The molecular weight excluding hydrogens is 308 g/mol. The SMILES string of the molecule is Cc1nn(-c2ccccc2)c(Cl)c1C=Nc1ccccc1C#N. The quantitative estimate of drug-likeness (QED) is 0.669. The van der Waals surface area contributed by atoms with Gasteiger partial charge in [-0.15, -0.1) is 0 Å². The molecule has 0 amide bonds. The maximum Gasteiger partial charge on any atom is 0.141 e. The number of halogens is 1. The Labute approximate surface area is 139 Å². The molecule has 4 nitrogen and oxygen atoms in total. The molecule has 0 saturated carbocycles. The van der Waals surface area contributed by atoms with Crippen LogP contribution >= 0.6 is 11.6 Å². The molecule has 2 aromatic carbocycles. The van der Waals surface area contributed by atoms with Crippen molar-refractivity contribution in [3.05, 3.63) is 76.6 Å². The molecule has 0 N–H and O–H groups in total. The summed E-state index contributed by atoms with van der Waals surface area (Å²) < 4.78 is 1.68. The molecular formula is C18H13ClN4. The van der Waals surface area contributed by atoms with E-state index < -0.39 is 0 Å². The molecule has 0 spiro atoms. The van der Waals surface area contributed by atoms with Gasteiger partial charge in [-0.25, -0.2) is 4.68 Å². The van der Waals surface area contributed by atoms with Gasteiger partial charge in [0, 0.05) is 6.21 Å². The average molecular weight is 321 g/mol. The normalized spacial score (nSPS) is 10.8. The first-order valence-corrected chi connectivity index (χ1v) is 7.42. The summed E-state index contributed by atoms with van der Waals surface area (Å²) in [4.78, 5) is 4.39. The van der Waals surface area contributed by atoms with Crippen molar-refractivity contribution >= 4 is 23.5 Å². The monoisotopic (exact) mass is 320 g/mol. The molecule has 3 rings (SSSR count). The molecule has 23 heavy (non-hydrogen) atoms. The zero-order chi connectivity index (χ0) is 16.2. The molecule has 1 aromatic heterocycles. The van der Waals surface area contributed by atoms with Gasteiger partial charge in [-0.2, -0.15) is 10.4 Å². The van der Waals surface area contributed by atoms with Gasteiger partial charge in [0.1, 0.15) is 11.2 Å². The van der Waals surface area contributed by atoms with Gasteiger partial charge in [-0.1, -0.05) is 41.9 Å². The van der Waals surface area contributed by atoms with Crippen LogP contribution in [0.5, 0.6) is 0 Å². The van der Waals surface area contributed by atoms with Crippen molar-refractivity contribution in [2.45, 2.75) is 6.92 Å². The number of nitrogens with zero attached hydrogens (tertiary/aromatic N) is 4. The summed E-state index contributed by atoms with van der Waals surface area (Å²) in [5.41, 5.74) is 3.53. The minimum Gasteiger partial charge on any atom is -0.255 e. The van der Waals surface area contributed by atoms with Crippen LogP contribution in [0.4, 0.5) is 5.69 Å². The lowest BCUT2D eigenvalue weighted by atomic mass is 10.2. The molecule has 0 unspecified atom stereocenters. The van der Waals surface area contributed by atoms with E-state index in [1.807, 2.05) is 49.4 Å². The van der Waals surface area contributed by atoms with Gasteiger partial charge in [0.05, 0.1) is 28.2 Å². The number of hydrogen-bond acceptors (Lipinski definition) is 3. The van der Waals surface area contributed by atoms with Crippen LogP contribution in [0.2, 0.25) is 5.15 Å². The highest BCUT2D eigenvalue weighted by molar-refractivity contribution is 6.32. The summed E-state index contributed by atoms with van der Waals surface area (Å²) in [7, 11) is 0. The summed E-state index contributed by atoms with van der Waals surface area (Å²) in [5.74, 6) is 0. The fraction of sp³-hybridized carbons (Fsp3) is 0.0556. The highest BCUT2D eigenvalue weighted by Crippen LogP contribution is 2.23. The van der Waals surface area contributed by atoms with E-state index in [1.54, 1.807) is 23.0 Å². The first kappa shape index (κ1) is 15.0. The van der Waals surface area contributed by atoms with Crippen LogP contribution in [-0.4, -0.2) is 16.0 Å². The van der Waals surface area contributed by atoms with Gasteiger partial charge in [0.25, 0.3) is 0 Å². The van der Waals surface area contributed by atoms with E-state index in [2.05, 4.69) is 16.2 Å². The molecule has 0 aliphatic heterocycles. The number of aromatic nitrogens is 2. The van der Waals surface area contributed by atoms with E-state index in [4.69, 9.17) is 16.9 Å². The second kappa shape index (κ2) is 6.47. The predicted octanol–water partition coefficient (Wildman–Crippen LogP) is 4.46. The zero-order valence-corrected chi connectivity index (χ0v) is 13.2. The number of para-hydroxylation sites is 2. The molecule has 0 radical (unpaired) electrons. The Morgan fingerprint density at radius 1 is 1.13 bits per heavy atom.